The maximum atomic E-state index is 12.2. The van der Waals surface area contributed by atoms with Gasteiger partial charge in [0.05, 0.1) is 13.2 Å². The van der Waals surface area contributed by atoms with Crippen molar-refractivity contribution in [2.24, 2.45) is 0 Å². The highest BCUT2D eigenvalue weighted by Crippen LogP contribution is 2.33. The fraction of sp³-hybridized carbons (Fsp3) is 0.286. The molecule has 112 valence electrons. The number of esters is 2. The normalized spacial score (nSPS) is 10.7. The highest BCUT2D eigenvalue weighted by atomic mass is 79.9. The molecule has 2 rings (SSSR count). The number of benzene rings is 1. The van der Waals surface area contributed by atoms with Crippen LogP contribution >= 0.6 is 31.9 Å². The topological polar surface area (TPSA) is 68.4 Å². The molecule has 0 spiro atoms. The molecule has 1 aromatic heterocycles. The molecule has 21 heavy (non-hydrogen) atoms. The van der Waals surface area contributed by atoms with E-state index in [9.17, 15) is 9.59 Å². The van der Waals surface area contributed by atoms with E-state index in [0.29, 0.717) is 15.4 Å². The maximum Gasteiger partial charge on any atom is 0.355 e. The predicted octanol–water partition coefficient (Wildman–Crippen LogP) is 4.05. The van der Waals surface area contributed by atoms with Crippen LogP contribution in [0.1, 0.15) is 34.7 Å². The molecule has 1 heterocycles. The van der Waals surface area contributed by atoms with Crippen LogP contribution in [-0.2, 0) is 9.47 Å². The summed E-state index contributed by atoms with van der Waals surface area (Å²) in [4.78, 5) is 27.2. The molecule has 0 unspecified atom stereocenters. The molecule has 0 atom stereocenters. The van der Waals surface area contributed by atoms with Crippen molar-refractivity contribution in [3.8, 4) is 0 Å². The van der Waals surface area contributed by atoms with Crippen LogP contribution in [0, 0.1) is 0 Å². The van der Waals surface area contributed by atoms with Crippen LogP contribution in [-0.4, -0.2) is 30.1 Å². The predicted molar refractivity (Wildman–Crippen MR) is 85.6 cm³/mol. The van der Waals surface area contributed by atoms with Gasteiger partial charge in [-0.1, -0.05) is 31.9 Å². The largest absolute Gasteiger partial charge is 0.462 e. The molecule has 0 bridgehead atoms. The third-order valence-electron chi connectivity index (χ3n) is 2.77. The number of halogens is 2. The van der Waals surface area contributed by atoms with Crippen LogP contribution in [0.25, 0.3) is 10.9 Å². The first-order chi connectivity index (χ1) is 9.99. The number of H-pyrrole nitrogens is 1. The zero-order valence-corrected chi connectivity index (χ0v) is 14.6. The van der Waals surface area contributed by atoms with Gasteiger partial charge in [0, 0.05) is 19.8 Å². The first-order valence-corrected chi connectivity index (χ1v) is 7.93. The van der Waals surface area contributed by atoms with E-state index in [1.807, 2.05) is 0 Å². The molecule has 5 nitrogen and oxygen atoms in total. The van der Waals surface area contributed by atoms with Gasteiger partial charge in [0.1, 0.15) is 11.3 Å². The van der Waals surface area contributed by atoms with Gasteiger partial charge in [0.25, 0.3) is 0 Å². The molecule has 1 N–H and O–H groups in total. The first-order valence-electron chi connectivity index (χ1n) is 6.34. The molecule has 0 aliphatic carbocycles. The number of carbonyl (C=O) groups is 2. The quantitative estimate of drug-likeness (QED) is 0.760. The summed E-state index contributed by atoms with van der Waals surface area (Å²) in [6.07, 6.45) is 0. The van der Waals surface area contributed by atoms with Crippen LogP contribution < -0.4 is 0 Å². The summed E-state index contributed by atoms with van der Waals surface area (Å²) in [7, 11) is 0. The summed E-state index contributed by atoms with van der Waals surface area (Å²) in [6, 6.07) is 3.58. The minimum absolute atomic E-state index is 0.101. The summed E-state index contributed by atoms with van der Waals surface area (Å²) in [5.41, 5.74) is 0.927. The van der Waals surface area contributed by atoms with Crippen LogP contribution in [0.2, 0.25) is 0 Å². The Bertz CT molecular complexity index is 709. The summed E-state index contributed by atoms with van der Waals surface area (Å²) in [5, 5.41) is 0.597. The average Bonchev–Trinajstić information content (AvgIpc) is 2.78. The van der Waals surface area contributed by atoms with Crippen LogP contribution in [0.3, 0.4) is 0 Å². The number of rotatable bonds is 4. The van der Waals surface area contributed by atoms with Crippen molar-refractivity contribution in [3.63, 3.8) is 0 Å². The lowest BCUT2D eigenvalue weighted by Gasteiger charge is -2.05. The second-order valence-corrected chi connectivity index (χ2v) is 5.90. The third-order valence-corrected chi connectivity index (χ3v) is 3.86. The molecule has 1 aromatic carbocycles. The number of aromatic amines is 1. The van der Waals surface area contributed by atoms with Gasteiger partial charge in [-0.05, 0) is 26.0 Å². The number of fused-ring (bicyclic) bond motifs is 1. The van der Waals surface area contributed by atoms with E-state index < -0.39 is 11.9 Å². The summed E-state index contributed by atoms with van der Waals surface area (Å²) >= 11 is 6.78. The van der Waals surface area contributed by atoms with Crippen LogP contribution in [0.15, 0.2) is 21.1 Å². The fourth-order valence-electron chi connectivity index (χ4n) is 2.01. The second-order valence-electron chi connectivity index (χ2n) is 4.13. The lowest BCUT2D eigenvalue weighted by Crippen LogP contribution is -2.13. The Labute approximate surface area is 138 Å². The number of hydrogen-bond donors (Lipinski definition) is 1. The monoisotopic (exact) mass is 417 g/mol. The Balaban J connectivity index is 2.72. The van der Waals surface area contributed by atoms with Gasteiger partial charge in [0.2, 0.25) is 0 Å². The number of aromatic nitrogens is 1. The Morgan fingerprint density at radius 3 is 2.33 bits per heavy atom. The molecule has 0 aliphatic heterocycles. The van der Waals surface area contributed by atoms with E-state index in [2.05, 4.69) is 36.8 Å². The van der Waals surface area contributed by atoms with Crippen LogP contribution in [0.5, 0.6) is 0 Å². The van der Waals surface area contributed by atoms with Crippen molar-refractivity contribution in [2.75, 3.05) is 13.2 Å². The molecule has 0 saturated heterocycles. The molecule has 0 radical (unpaired) electrons. The van der Waals surface area contributed by atoms with E-state index in [1.165, 1.54) is 0 Å². The fourth-order valence-corrected chi connectivity index (χ4v) is 3.44. The number of nitrogens with one attached hydrogen (secondary N) is 1. The lowest BCUT2D eigenvalue weighted by molar-refractivity contribution is 0.0477. The second kappa shape index (κ2) is 6.62. The van der Waals surface area contributed by atoms with Crippen molar-refractivity contribution in [3.05, 3.63) is 32.3 Å². The van der Waals surface area contributed by atoms with E-state index in [1.54, 1.807) is 26.0 Å². The van der Waals surface area contributed by atoms with Gasteiger partial charge in [-0.3, -0.25) is 0 Å². The van der Waals surface area contributed by atoms with Crippen molar-refractivity contribution in [1.82, 2.24) is 4.98 Å². The standard InChI is InChI=1S/C14H13Br2NO4/c1-3-20-13(18)11-10-8(16)5-7(15)6-9(10)17-12(11)14(19)21-4-2/h5-6,17H,3-4H2,1-2H3. The maximum absolute atomic E-state index is 12.2. The molecule has 0 saturated carbocycles. The smallest absolute Gasteiger partial charge is 0.355 e. The Kier molecular flexibility index (Phi) is 5.05. The van der Waals surface area contributed by atoms with Gasteiger partial charge in [-0.15, -0.1) is 0 Å². The Hall–Kier alpha value is -1.34. The number of hydrogen-bond acceptors (Lipinski definition) is 4. The summed E-state index contributed by atoms with van der Waals surface area (Å²) < 4.78 is 11.5. The third kappa shape index (κ3) is 3.13. The highest BCUT2D eigenvalue weighted by molar-refractivity contribution is 9.11. The Morgan fingerprint density at radius 2 is 1.71 bits per heavy atom. The highest BCUT2D eigenvalue weighted by Gasteiger charge is 2.26. The molecule has 0 amide bonds. The van der Waals surface area contributed by atoms with Crippen molar-refractivity contribution >= 4 is 54.7 Å². The summed E-state index contributed by atoms with van der Waals surface area (Å²) in [6.45, 7) is 3.86. The van der Waals surface area contributed by atoms with Gasteiger partial charge in [-0.25, -0.2) is 9.59 Å². The molecular formula is C14H13Br2NO4. The van der Waals surface area contributed by atoms with Crippen molar-refractivity contribution in [1.29, 1.82) is 0 Å². The molecule has 0 aliphatic rings. The van der Waals surface area contributed by atoms with Gasteiger partial charge >= 0.3 is 11.9 Å². The van der Waals surface area contributed by atoms with E-state index in [-0.39, 0.29) is 24.5 Å². The summed E-state index contributed by atoms with van der Waals surface area (Å²) in [5.74, 6) is -1.14. The van der Waals surface area contributed by atoms with Gasteiger partial charge < -0.3 is 14.5 Å². The zero-order chi connectivity index (χ0) is 15.6. The number of ether oxygens (including phenoxy) is 2. The van der Waals surface area contributed by atoms with Crippen molar-refractivity contribution < 1.29 is 19.1 Å². The molecule has 2 aromatic rings. The average molecular weight is 419 g/mol. The minimum Gasteiger partial charge on any atom is -0.462 e. The van der Waals surface area contributed by atoms with Gasteiger partial charge in [-0.2, -0.15) is 0 Å². The zero-order valence-electron chi connectivity index (χ0n) is 11.5. The van der Waals surface area contributed by atoms with Gasteiger partial charge in [0.15, 0.2) is 0 Å². The molecule has 7 heteroatoms. The first kappa shape index (κ1) is 16.0. The lowest BCUT2D eigenvalue weighted by atomic mass is 10.1. The van der Waals surface area contributed by atoms with Crippen molar-refractivity contribution in [2.45, 2.75) is 13.8 Å². The minimum atomic E-state index is -0.584. The van der Waals surface area contributed by atoms with E-state index in [4.69, 9.17) is 9.47 Å². The van der Waals surface area contributed by atoms with E-state index in [0.717, 1.165) is 4.47 Å². The Morgan fingerprint density at radius 1 is 1.10 bits per heavy atom. The van der Waals surface area contributed by atoms with E-state index >= 15 is 0 Å². The SMILES string of the molecule is CCOC(=O)c1[nH]c2cc(Br)cc(Br)c2c1C(=O)OCC. The molecular weight excluding hydrogens is 406 g/mol. The number of carbonyl (C=O) groups excluding carboxylic acids is 2. The molecule has 0 fully saturated rings. The van der Waals surface area contributed by atoms with Crippen LogP contribution in [0.4, 0.5) is 0 Å².